The van der Waals surface area contributed by atoms with Gasteiger partial charge < -0.3 is 20.0 Å². The topological polar surface area (TPSA) is 59.3 Å². The van der Waals surface area contributed by atoms with Crippen LogP contribution >= 0.6 is 0 Å². The number of piperidine rings is 1. The maximum Gasteiger partial charge on any atom is 0.157 e. The summed E-state index contributed by atoms with van der Waals surface area (Å²) in [5.74, 6) is 0.894. The molecule has 0 bridgehead atoms. The van der Waals surface area contributed by atoms with Gasteiger partial charge >= 0.3 is 0 Å². The second-order valence-corrected chi connectivity index (χ2v) is 8.83. The van der Waals surface area contributed by atoms with Gasteiger partial charge in [0.05, 0.1) is 11.4 Å². The van der Waals surface area contributed by atoms with Gasteiger partial charge in [0.2, 0.25) is 0 Å². The first-order valence-electron chi connectivity index (χ1n) is 11.0. The van der Waals surface area contributed by atoms with Crippen molar-refractivity contribution in [1.82, 2.24) is 9.80 Å². The van der Waals surface area contributed by atoms with Crippen LogP contribution < -0.4 is 0 Å². The molecule has 5 nitrogen and oxygen atoms in total. The third kappa shape index (κ3) is 4.02. The van der Waals surface area contributed by atoms with E-state index in [0.29, 0.717) is 0 Å². The summed E-state index contributed by atoms with van der Waals surface area (Å²) in [6.45, 7) is 7.51. The third-order valence-corrected chi connectivity index (χ3v) is 6.83. The molecule has 2 atom stereocenters. The zero-order valence-electron chi connectivity index (χ0n) is 18.0. The Kier molecular flexibility index (Phi) is 5.96. The molecule has 5 heteroatoms. The summed E-state index contributed by atoms with van der Waals surface area (Å²) in [5.41, 5.74) is 0.735. The summed E-state index contributed by atoms with van der Waals surface area (Å²) >= 11 is 0. The van der Waals surface area contributed by atoms with Gasteiger partial charge in [0.1, 0.15) is 5.54 Å². The largest absolute Gasteiger partial charge is 0.385 e. The summed E-state index contributed by atoms with van der Waals surface area (Å²) in [6, 6.07) is 20.1. The molecule has 0 spiro atoms. The van der Waals surface area contributed by atoms with Gasteiger partial charge in [-0.05, 0) is 50.8 Å². The maximum absolute atomic E-state index is 11.0. The Morgan fingerprint density at radius 2 is 1.50 bits per heavy atom. The lowest BCUT2D eigenvalue weighted by atomic mass is 9.84. The highest BCUT2D eigenvalue weighted by Gasteiger charge is 2.44. The quantitative estimate of drug-likeness (QED) is 0.771. The highest BCUT2D eigenvalue weighted by atomic mass is 16.3. The zero-order valence-corrected chi connectivity index (χ0v) is 18.0. The SMILES string of the molecule is CC1=NC(C)(c2ccccc2)C(O)N1CCCN1CCC(O)(c2ccccc2)CC1. The van der Waals surface area contributed by atoms with Crippen molar-refractivity contribution in [1.29, 1.82) is 0 Å². The van der Waals surface area contributed by atoms with Crippen LogP contribution in [0.15, 0.2) is 65.7 Å². The number of rotatable bonds is 6. The van der Waals surface area contributed by atoms with E-state index < -0.39 is 17.4 Å². The van der Waals surface area contributed by atoms with Gasteiger partial charge in [-0.1, -0.05) is 60.7 Å². The molecule has 0 saturated carbocycles. The molecule has 0 radical (unpaired) electrons. The maximum atomic E-state index is 11.0. The number of hydrogen-bond donors (Lipinski definition) is 2. The summed E-state index contributed by atoms with van der Waals surface area (Å²) in [7, 11) is 0. The fourth-order valence-electron chi connectivity index (χ4n) is 4.86. The Morgan fingerprint density at radius 3 is 2.10 bits per heavy atom. The summed E-state index contributed by atoms with van der Waals surface area (Å²) in [5, 5.41) is 22.0. The Balaban J connectivity index is 1.29. The second kappa shape index (κ2) is 8.50. The Labute approximate surface area is 179 Å². The van der Waals surface area contributed by atoms with Crippen molar-refractivity contribution in [3.8, 4) is 0 Å². The van der Waals surface area contributed by atoms with E-state index in [1.165, 1.54) is 0 Å². The average Bonchev–Trinajstić information content (AvgIpc) is 3.00. The monoisotopic (exact) mass is 407 g/mol. The number of aliphatic hydroxyl groups is 2. The molecule has 30 heavy (non-hydrogen) atoms. The van der Waals surface area contributed by atoms with Crippen LogP contribution in [0.1, 0.15) is 44.2 Å². The van der Waals surface area contributed by atoms with Gasteiger partial charge in [-0.15, -0.1) is 0 Å². The highest BCUT2D eigenvalue weighted by molar-refractivity contribution is 5.82. The lowest BCUT2D eigenvalue weighted by molar-refractivity contribution is -0.0277. The molecule has 2 unspecified atom stereocenters. The molecular formula is C25H33N3O2. The van der Waals surface area contributed by atoms with Crippen LogP contribution in [0.2, 0.25) is 0 Å². The van der Waals surface area contributed by atoms with E-state index in [4.69, 9.17) is 4.99 Å². The molecule has 2 aliphatic heterocycles. The van der Waals surface area contributed by atoms with E-state index >= 15 is 0 Å². The standard InChI is InChI=1S/C25H33N3O2/c1-20-26-24(2,21-10-5-3-6-11-21)23(29)28(20)17-9-16-27-18-14-25(30,15-19-27)22-12-7-4-8-13-22/h3-8,10-13,23,29-30H,9,14-19H2,1-2H3. The molecule has 2 aliphatic rings. The molecule has 160 valence electrons. The number of benzene rings is 2. The van der Waals surface area contributed by atoms with Crippen LogP contribution in [0.4, 0.5) is 0 Å². The van der Waals surface area contributed by atoms with Crippen LogP contribution in [0.25, 0.3) is 0 Å². The molecule has 1 fully saturated rings. The summed E-state index contributed by atoms with van der Waals surface area (Å²) in [6.07, 6.45) is 1.83. The minimum absolute atomic E-state index is 0.622. The zero-order chi connectivity index (χ0) is 21.2. The van der Waals surface area contributed by atoms with Crippen molar-refractivity contribution >= 4 is 5.84 Å². The predicted octanol–water partition coefficient (Wildman–Crippen LogP) is 3.33. The van der Waals surface area contributed by atoms with Gasteiger partial charge in [-0.3, -0.25) is 4.99 Å². The number of hydrogen-bond acceptors (Lipinski definition) is 5. The van der Waals surface area contributed by atoms with E-state index in [-0.39, 0.29) is 0 Å². The van der Waals surface area contributed by atoms with Gasteiger partial charge in [-0.25, -0.2) is 0 Å². The van der Waals surface area contributed by atoms with Crippen LogP contribution in [0.3, 0.4) is 0 Å². The lowest BCUT2D eigenvalue weighted by Gasteiger charge is -2.39. The first-order chi connectivity index (χ1) is 14.4. The molecule has 2 aromatic carbocycles. The number of amidine groups is 1. The van der Waals surface area contributed by atoms with Gasteiger partial charge in [0, 0.05) is 19.6 Å². The first-order valence-corrected chi connectivity index (χ1v) is 11.0. The molecule has 2 aromatic rings. The van der Waals surface area contributed by atoms with Gasteiger partial charge in [-0.2, -0.15) is 0 Å². The number of likely N-dealkylation sites (tertiary alicyclic amines) is 1. The van der Waals surface area contributed by atoms with Crippen LogP contribution in [0.5, 0.6) is 0 Å². The molecule has 4 rings (SSSR count). The van der Waals surface area contributed by atoms with Crippen molar-refractivity contribution in [3.63, 3.8) is 0 Å². The summed E-state index contributed by atoms with van der Waals surface area (Å²) < 4.78 is 0. The van der Waals surface area contributed by atoms with Crippen molar-refractivity contribution in [2.75, 3.05) is 26.2 Å². The molecule has 0 aromatic heterocycles. The van der Waals surface area contributed by atoms with Gasteiger partial charge in [0.15, 0.2) is 6.23 Å². The van der Waals surface area contributed by atoms with Crippen LogP contribution in [-0.4, -0.2) is 58.3 Å². The number of aliphatic imine (C=N–C) groups is 1. The fourth-order valence-corrected chi connectivity index (χ4v) is 4.86. The van der Waals surface area contributed by atoms with Crippen LogP contribution in [0, 0.1) is 0 Å². The minimum Gasteiger partial charge on any atom is -0.385 e. The van der Waals surface area contributed by atoms with E-state index in [2.05, 4.69) is 4.90 Å². The normalized spacial score (nSPS) is 26.6. The second-order valence-electron chi connectivity index (χ2n) is 8.83. The van der Waals surface area contributed by atoms with E-state index in [1.54, 1.807) is 0 Å². The average molecular weight is 408 g/mol. The summed E-state index contributed by atoms with van der Waals surface area (Å²) in [4.78, 5) is 9.26. The lowest BCUT2D eigenvalue weighted by Crippen LogP contribution is -2.46. The molecule has 0 aliphatic carbocycles. The number of aliphatic hydroxyl groups excluding tert-OH is 1. The smallest absolute Gasteiger partial charge is 0.157 e. The Bertz CT molecular complexity index is 862. The minimum atomic E-state index is -0.705. The molecule has 2 heterocycles. The third-order valence-electron chi connectivity index (χ3n) is 6.83. The molecule has 1 saturated heterocycles. The van der Waals surface area contributed by atoms with E-state index in [1.807, 2.05) is 79.4 Å². The van der Waals surface area contributed by atoms with Crippen molar-refractivity contribution in [3.05, 3.63) is 71.8 Å². The molecule has 2 N–H and O–H groups in total. The van der Waals surface area contributed by atoms with E-state index in [0.717, 1.165) is 62.4 Å². The predicted molar refractivity (Wildman–Crippen MR) is 120 cm³/mol. The van der Waals surface area contributed by atoms with Crippen molar-refractivity contribution < 1.29 is 10.2 Å². The van der Waals surface area contributed by atoms with Crippen LogP contribution in [-0.2, 0) is 11.1 Å². The molecular weight excluding hydrogens is 374 g/mol. The van der Waals surface area contributed by atoms with Crippen molar-refractivity contribution in [2.45, 2.75) is 50.5 Å². The molecule has 0 amide bonds. The highest BCUT2D eigenvalue weighted by Crippen LogP contribution is 2.37. The first kappa shape index (κ1) is 21.0. The van der Waals surface area contributed by atoms with E-state index in [9.17, 15) is 10.2 Å². The fraction of sp³-hybridized carbons (Fsp3) is 0.480. The van der Waals surface area contributed by atoms with Crippen molar-refractivity contribution in [2.24, 2.45) is 4.99 Å². The Morgan fingerprint density at radius 1 is 0.933 bits per heavy atom. The van der Waals surface area contributed by atoms with Gasteiger partial charge in [0.25, 0.3) is 0 Å². The Hall–Kier alpha value is -2.21. The number of nitrogens with zero attached hydrogens (tertiary/aromatic N) is 3.